The molecule has 38 heteroatoms. The van der Waals surface area contributed by atoms with E-state index in [0.717, 1.165) is 89.7 Å². The second-order valence-electron chi connectivity index (χ2n) is 33.1. The molecule has 8 aromatic carbocycles. The maximum Gasteiger partial charge on any atom is 0.323 e. The summed E-state index contributed by atoms with van der Waals surface area (Å²) in [6.45, 7) is 7.32. The second-order valence-corrected chi connectivity index (χ2v) is 34.0. The molecule has 748 valence electrons. The van der Waals surface area contributed by atoms with Crippen LogP contribution in [0.4, 0.5) is 55.8 Å². The molecule has 0 radical (unpaired) electrons. The first-order chi connectivity index (χ1) is 69.7. The number of nitrogens with one attached hydrogen (secondary N) is 8. The number of aromatic nitrogens is 6. The molecule has 0 bridgehead atoms. The molecule has 33 nitrogen and oxygen atoms in total. The van der Waals surface area contributed by atoms with Gasteiger partial charge in [-0.15, -0.1) is 11.8 Å². The molecule has 12 N–H and O–H groups in total. The van der Waals surface area contributed by atoms with Gasteiger partial charge in [0, 0.05) is 47.5 Å². The number of allylic oxidation sites excluding steroid dienone is 6. The van der Waals surface area contributed by atoms with E-state index in [0.29, 0.717) is 136 Å². The van der Waals surface area contributed by atoms with Crippen LogP contribution in [0.1, 0.15) is 130 Å². The second kappa shape index (κ2) is 48.1. The largest absolute Gasteiger partial charge is 0.496 e. The van der Waals surface area contributed by atoms with Gasteiger partial charge in [0.2, 0.25) is 11.8 Å². The Morgan fingerprint density at radius 2 is 0.883 bits per heavy atom. The SMILES string of the molecule is COc1cc(/C=C2/C(C)=C(CC(=O)Nc3cccnc3)c3cc(F)ccc32)cc(OC)c1NCC(=O)O.COc1cc(/C=C2/C(C)=C(CC(=O)Nc3cnccn3)c3cc(F)ccc32)cc(OC)c1CC(=O)O.COc1cc(/C=C2/C(C)=C(NC(=O)Nc3cccnc3)c3cc(F)ccc32)cc(OC)c1CC(=O)O.COc1cc(CC2c3ccc(F)cc3C(NC(=O)Nc3ccn[nH]3)C2C)cc(OC)c1SCC(=O)O. The number of carboxylic acids is 4. The van der Waals surface area contributed by atoms with E-state index in [1.807, 2.05) is 58.1 Å². The summed E-state index contributed by atoms with van der Waals surface area (Å²) < 4.78 is 101. The first kappa shape index (κ1) is 105. The summed E-state index contributed by atoms with van der Waals surface area (Å²) >= 11 is 1.13. The third kappa shape index (κ3) is 25.8. The van der Waals surface area contributed by atoms with Gasteiger partial charge in [-0.25, -0.2) is 32.1 Å². The topological polar surface area (TPSA) is 456 Å². The van der Waals surface area contributed by atoms with Crippen LogP contribution >= 0.6 is 11.8 Å². The Morgan fingerprint density at radius 1 is 0.428 bits per heavy atom. The number of ether oxygens (including phenoxy) is 8. The molecule has 3 atom stereocenters. The molecule has 0 saturated carbocycles. The van der Waals surface area contributed by atoms with Gasteiger partial charge in [-0.2, -0.15) is 5.10 Å². The van der Waals surface area contributed by atoms with Crippen LogP contribution in [0.5, 0.6) is 46.0 Å². The number of pyridine rings is 2. The van der Waals surface area contributed by atoms with E-state index in [-0.39, 0.29) is 67.4 Å². The number of methoxy groups -OCH3 is 8. The number of halogens is 4. The van der Waals surface area contributed by atoms with Crippen LogP contribution < -0.4 is 75.1 Å². The van der Waals surface area contributed by atoms with Gasteiger partial charge in [-0.3, -0.25) is 54.1 Å². The van der Waals surface area contributed by atoms with Gasteiger partial charge < -0.3 is 90.2 Å². The Balaban J connectivity index is 0.000000162. The zero-order chi connectivity index (χ0) is 104. The summed E-state index contributed by atoms with van der Waals surface area (Å²) in [4.78, 5) is 112. The van der Waals surface area contributed by atoms with E-state index in [9.17, 15) is 66.1 Å². The summed E-state index contributed by atoms with van der Waals surface area (Å²) in [7, 11) is 11.9. The molecule has 4 aliphatic carbocycles. The van der Waals surface area contributed by atoms with Crippen LogP contribution in [0.3, 0.4) is 0 Å². The number of amides is 6. The zero-order valence-corrected chi connectivity index (χ0v) is 81.3. The number of fused-ring (bicyclic) bond motifs is 4. The van der Waals surface area contributed by atoms with Crippen molar-refractivity contribution >= 4 is 140 Å². The number of carbonyl (C=O) groups excluding carboxylic acids is 4. The van der Waals surface area contributed by atoms with Crippen molar-refractivity contribution in [1.29, 1.82) is 0 Å². The summed E-state index contributed by atoms with van der Waals surface area (Å²) in [5, 5.41) is 62.7. The predicted octanol–water partition coefficient (Wildman–Crippen LogP) is 19.3. The van der Waals surface area contributed by atoms with Gasteiger partial charge in [-0.05, 0) is 284 Å². The number of hydrogen-bond donors (Lipinski definition) is 12. The molecule has 3 unspecified atom stereocenters. The van der Waals surface area contributed by atoms with E-state index in [1.54, 1.807) is 110 Å². The minimum absolute atomic E-state index is 0.0143. The van der Waals surface area contributed by atoms with Crippen molar-refractivity contribution in [2.75, 3.05) is 95.8 Å². The van der Waals surface area contributed by atoms with Crippen molar-refractivity contribution in [3.8, 4) is 46.0 Å². The predicted molar refractivity (Wildman–Crippen MR) is 541 cm³/mol. The molecular weight excluding hydrogens is 1900 g/mol. The summed E-state index contributed by atoms with van der Waals surface area (Å²) in [5.41, 5.74) is 17.9. The number of carboxylic acid groups (broad SMARTS) is 4. The van der Waals surface area contributed by atoms with Gasteiger partial charge >= 0.3 is 35.9 Å². The number of thioether (sulfide) groups is 1. The van der Waals surface area contributed by atoms with Crippen LogP contribution in [0.25, 0.3) is 51.8 Å². The van der Waals surface area contributed by atoms with E-state index in [2.05, 4.69) is 67.4 Å². The fraction of sp³-hybridized carbons (Fsp3) is 0.206. The Labute approximate surface area is 834 Å². The van der Waals surface area contributed by atoms with Crippen molar-refractivity contribution in [2.24, 2.45) is 5.92 Å². The molecule has 4 heterocycles. The Kier molecular flexibility index (Phi) is 34.7. The van der Waals surface area contributed by atoms with Crippen LogP contribution in [0.2, 0.25) is 0 Å². The van der Waals surface area contributed by atoms with Crippen molar-refractivity contribution in [3.05, 3.63) is 319 Å². The van der Waals surface area contributed by atoms with Crippen molar-refractivity contribution in [3.63, 3.8) is 0 Å². The number of benzene rings is 8. The third-order valence-corrected chi connectivity index (χ3v) is 25.0. The molecule has 12 aromatic rings. The lowest BCUT2D eigenvalue weighted by Crippen LogP contribution is -2.34. The number of urea groups is 2. The average molecular weight is 2000 g/mol. The maximum absolute atomic E-state index is 14.2. The van der Waals surface area contributed by atoms with Crippen molar-refractivity contribution in [1.82, 2.24) is 40.8 Å². The number of anilines is 5. The lowest BCUT2D eigenvalue weighted by Gasteiger charge is -2.23. The summed E-state index contributed by atoms with van der Waals surface area (Å²) in [5.74, 6) is -2.18. The Hall–Kier alpha value is -17.6. The fourth-order valence-electron chi connectivity index (χ4n) is 17.4. The van der Waals surface area contributed by atoms with E-state index in [4.69, 9.17) is 48.1 Å². The van der Waals surface area contributed by atoms with Crippen LogP contribution in [0.15, 0.2) is 223 Å². The molecule has 145 heavy (non-hydrogen) atoms. The average Bonchev–Trinajstić information content (AvgIpc) is 1.63. The highest BCUT2D eigenvalue weighted by molar-refractivity contribution is 8.00. The standard InChI is InChI=1S/C28H26FN3O5.2C27H24FN3O5.C25H27FN4O5S/c1-16-21(9-17-10-24(36-2)28(25(11-17)37-3)31-15-27(34)35)20-7-6-18(29)12-23(20)22(16)13-26(33)32-19-5-4-8-30-14-19;1-15-19(8-16-9-23(35-2)22(13-27(33)34)24(10-16)36-3)18-5-4-17(28)11-21(18)20(15)12-26(32)31-25-14-29-6-7-30-25;1-15-20(9-16-10-23(35-2)22(13-25(32)33)24(11-16)36-3)19-7-6-17(28)12-21(19)26(15)31-27(34)30-18-5-4-8-29-14-18;1-13-17(8-14-9-19(34-2)24(20(10-14)35-3)36-12-22(31)32)16-5-4-15(26)11-18(16)23(13)29-25(33)28-21-6-7-27-30-21/h4-12,14,31H,13,15H2,1-3H3,(H,32,33)(H,34,35);4-11,14H,12-13H2,1-3H3,(H,33,34)(H,30,31,32);4-12,14H,13H2,1-3H3,(H,32,33)(H2,30,31,34);4-7,9-11,13,17,23H,8,12H2,1-3H3,(H,31,32)(H3,27,28,29,30,33)/b21-9-;19-8-;20-9-;. The van der Waals surface area contributed by atoms with Crippen molar-refractivity contribution < 1.29 is 114 Å². The summed E-state index contributed by atoms with van der Waals surface area (Å²) in [6, 6.07) is 39.4. The highest BCUT2D eigenvalue weighted by Gasteiger charge is 2.40. The fourth-order valence-corrected chi connectivity index (χ4v) is 18.2. The zero-order valence-electron chi connectivity index (χ0n) is 80.4. The highest BCUT2D eigenvalue weighted by Crippen LogP contribution is 2.52. The molecule has 6 amide bonds. The number of H-pyrrole nitrogens is 1. The third-order valence-electron chi connectivity index (χ3n) is 23.9. The van der Waals surface area contributed by atoms with Gasteiger partial charge in [0.05, 0.1) is 141 Å². The number of aromatic amines is 1. The van der Waals surface area contributed by atoms with Crippen LogP contribution in [-0.4, -0.2) is 167 Å². The smallest absolute Gasteiger partial charge is 0.323 e. The number of rotatable bonds is 33. The molecule has 0 saturated heterocycles. The van der Waals surface area contributed by atoms with Crippen LogP contribution in [-0.2, 0) is 48.0 Å². The Morgan fingerprint density at radius 3 is 1.33 bits per heavy atom. The molecule has 16 rings (SSSR count). The van der Waals surface area contributed by atoms with Gasteiger partial charge in [0.25, 0.3) is 0 Å². The summed E-state index contributed by atoms with van der Waals surface area (Å²) in [6.07, 6.45) is 18.0. The number of aliphatic carboxylic acids is 4. The first-order valence-electron chi connectivity index (χ1n) is 44.7. The van der Waals surface area contributed by atoms with E-state index >= 15 is 0 Å². The molecule has 4 aliphatic rings. The maximum atomic E-state index is 14.2. The molecular formula is C107H101F4N13O20S. The van der Waals surface area contributed by atoms with Crippen molar-refractivity contribution in [2.45, 2.75) is 76.7 Å². The lowest BCUT2D eigenvalue weighted by molar-refractivity contribution is -0.137. The number of nitrogens with zero attached hydrogens (tertiary/aromatic N) is 5. The molecule has 4 aromatic heterocycles. The number of carbonyl (C=O) groups is 8. The first-order valence-corrected chi connectivity index (χ1v) is 45.7. The van der Waals surface area contributed by atoms with Gasteiger partial charge in [0.1, 0.15) is 87.3 Å². The molecule has 0 aliphatic heterocycles. The number of hydrogen-bond acceptors (Lipinski definition) is 23. The monoisotopic (exact) mass is 2000 g/mol. The van der Waals surface area contributed by atoms with E-state index < -0.39 is 59.4 Å². The van der Waals surface area contributed by atoms with Gasteiger partial charge in [0.15, 0.2) is 5.82 Å². The minimum atomic E-state index is -1.02. The quantitative estimate of drug-likeness (QED) is 0.0134. The lowest BCUT2D eigenvalue weighted by atomic mass is 9.86. The minimum Gasteiger partial charge on any atom is -0.496 e. The highest BCUT2D eigenvalue weighted by atomic mass is 32.2. The Bertz CT molecular complexity index is 6830. The van der Waals surface area contributed by atoms with E-state index in [1.165, 1.54) is 136 Å². The molecule has 0 spiro atoms. The van der Waals surface area contributed by atoms with Crippen LogP contribution in [0, 0.1) is 29.2 Å². The molecule has 0 fully saturated rings. The normalized spacial score (nSPS) is 14.6. The van der Waals surface area contributed by atoms with Gasteiger partial charge in [-0.1, -0.05) is 31.2 Å².